The second kappa shape index (κ2) is 16.9. The van der Waals surface area contributed by atoms with Gasteiger partial charge in [-0.25, -0.2) is 0 Å². The van der Waals surface area contributed by atoms with Crippen LogP contribution in [0.15, 0.2) is 36.4 Å². The maximum absolute atomic E-state index is 6.46. The molecule has 4 saturated carbocycles. The van der Waals surface area contributed by atoms with E-state index in [1.165, 1.54) is 193 Å². The molecule has 2 aliphatic heterocycles. The van der Waals surface area contributed by atoms with E-state index in [0.717, 1.165) is 60.5 Å². The standard InChI is InChI=1S/C52H76N2O2/c1(3-5-11-31-55-43-23-21-41-33-49-45-19-7-9-25-51(45,47(41)35-43)27-29-53(49)37-39-15-13-16-39)2-4-6-12-32-56-44-24-22-42-34-50-46-20-8-10-26-52(46,48(42)36-44)28-30-54(50)38-40-17-14-18-40/h21-24,35-36,39-40,45-46,49-50H,1-20,25-34,37-38H2/t45-,46-,49?,50?,51+,52+/m0/s1. The van der Waals surface area contributed by atoms with Crippen LogP contribution in [0.5, 0.6) is 11.5 Å². The molecule has 0 aromatic heterocycles. The highest BCUT2D eigenvalue weighted by Gasteiger charge is 2.55. The van der Waals surface area contributed by atoms with E-state index in [2.05, 4.69) is 46.2 Å². The third kappa shape index (κ3) is 7.41. The van der Waals surface area contributed by atoms with E-state index in [9.17, 15) is 0 Å². The lowest BCUT2D eigenvalue weighted by Gasteiger charge is -2.59. The highest BCUT2D eigenvalue weighted by atomic mass is 16.5. The predicted molar refractivity (Wildman–Crippen MR) is 230 cm³/mol. The third-order valence-corrected chi connectivity index (χ3v) is 17.9. The van der Waals surface area contributed by atoms with E-state index >= 15 is 0 Å². The Bertz CT molecular complexity index is 1510. The predicted octanol–water partition coefficient (Wildman–Crippen LogP) is 12.0. The van der Waals surface area contributed by atoms with Crippen LogP contribution in [0.4, 0.5) is 0 Å². The van der Waals surface area contributed by atoms with Crippen molar-refractivity contribution in [3.05, 3.63) is 58.7 Å². The molecule has 4 nitrogen and oxygen atoms in total. The van der Waals surface area contributed by atoms with Gasteiger partial charge in [-0.05, 0) is 173 Å². The summed E-state index contributed by atoms with van der Waals surface area (Å²) in [5.74, 6) is 5.98. The first-order chi connectivity index (χ1) is 27.7. The summed E-state index contributed by atoms with van der Waals surface area (Å²) in [6.45, 7) is 7.14. The maximum Gasteiger partial charge on any atom is 0.119 e. The van der Waals surface area contributed by atoms with Crippen molar-refractivity contribution in [3.63, 3.8) is 0 Å². The molecule has 0 N–H and O–H groups in total. The third-order valence-electron chi connectivity index (χ3n) is 17.9. The van der Waals surface area contributed by atoms with Gasteiger partial charge in [0.25, 0.3) is 0 Å². The minimum Gasteiger partial charge on any atom is -0.494 e. The molecule has 56 heavy (non-hydrogen) atoms. The Labute approximate surface area is 341 Å². The average Bonchev–Trinajstić information content (AvgIpc) is 3.19. The number of fused-ring (bicyclic) bond motifs is 2. The monoisotopic (exact) mass is 761 g/mol. The van der Waals surface area contributed by atoms with Crippen molar-refractivity contribution in [2.45, 2.75) is 190 Å². The molecule has 6 atom stereocenters. The highest BCUT2D eigenvalue weighted by Crippen LogP contribution is 2.58. The van der Waals surface area contributed by atoms with Gasteiger partial charge in [0.1, 0.15) is 11.5 Å². The highest BCUT2D eigenvalue weighted by molar-refractivity contribution is 5.47. The first-order valence-electron chi connectivity index (χ1n) is 24.7. The Balaban J connectivity index is 0.626. The SMILES string of the molecule is c1cc2c(cc1OCCCCCCCCCCOc1ccc3c(c1)[C@@]14CCCC[C@H]1C(C3)N(CC1CCC1)CC4)[C@@]13CCCC[C@H]1C(C2)N(CC1CCC1)CC3. The molecule has 2 heterocycles. The molecule has 4 heteroatoms. The molecule has 2 aromatic carbocycles. The van der Waals surface area contributed by atoms with Crippen molar-refractivity contribution < 1.29 is 9.47 Å². The van der Waals surface area contributed by atoms with E-state index in [4.69, 9.17) is 9.47 Å². The van der Waals surface area contributed by atoms with Gasteiger partial charge in [0.15, 0.2) is 0 Å². The minimum absolute atomic E-state index is 0.425. The number of rotatable bonds is 17. The number of likely N-dealkylation sites (tertiary alicyclic amines) is 2. The summed E-state index contributed by atoms with van der Waals surface area (Å²) in [6, 6.07) is 16.1. The number of piperidine rings is 2. The molecule has 0 amide bonds. The number of nitrogens with zero attached hydrogens (tertiary/aromatic N) is 2. The van der Waals surface area contributed by atoms with Crippen LogP contribution in [0.2, 0.25) is 0 Å². The molecule has 10 rings (SSSR count). The Morgan fingerprint density at radius 1 is 0.482 bits per heavy atom. The van der Waals surface area contributed by atoms with Gasteiger partial charge in [-0.2, -0.15) is 0 Å². The lowest BCUT2D eigenvalue weighted by Crippen LogP contribution is -2.61. The maximum atomic E-state index is 6.46. The van der Waals surface area contributed by atoms with Gasteiger partial charge in [0, 0.05) is 36.0 Å². The van der Waals surface area contributed by atoms with Gasteiger partial charge in [-0.1, -0.05) is 89.2 Å². The topological polar surface area (TPSA) is 24.9 Å². The van der Waals surface area contributed by atoms with E-state index in [1.807, 2.05) is 0 Å². The zero-order valence-corrected chi connectivity index (χ0v) is 35.3. The zero-order chi connectivity index (χ0) is 37.4. The molecule has 8 aliphatic rings. The normalized spacial score (nSPS) is 32.6. The van der Waals surface area contributed by atoms with E-state index < -0.39 is 0 Å². The Morgan fingerprint density at radius 2 is 0.929 bits per heavy atom. The smallest absolute Gasteiger partial charge is 0.119 e. The molecule has 0 spiro atoms. The summed E-state index contributed by atoms with van der Waals surface area (Å²) < 4.78 is 12.9. The summed E-state index contributed by atoms with van der Waals surface area (Å²) >= 11 is 0. The second-order valence-electron chi connectivity index (χ2n) is 20.8. The van der Waals surface area contributed by atoms with Crippen LogP contribution in [-0.4, -0.2) is 61.3 Å². The Hall–Kier alpha value is -2.04. The second-order valence-corrected chi connectivity index (χ2v) is 20.8. The molecule has 6 fully saturated rings. The number of hydrogen-bond acceptors (Lipinski definition) is 4. The van der Waals surface area contributed by atoms with Crippen LogP contribution in [0.3, 0.4) is 0 Å². The Kier molecular flexibility index (Phi) is 11.5. The summed E-state index contributed by atoms with van der Waals surface area (Å²) in [7, 11) is 0. The Morgan fingerprint density at radius 3 is 1.36 bits per heavy atom. The van der Waals surface area contributed by atoms with Crippen LogP contribution in [-0.2, 0) is 23.7 Å². The summed E-state index contributed by atoms with van der Waals surface area (Å²) in [5, 5.41) is 0. The van der Waals surface area contributed by atoms with Gasteiger partial charge in [-0.3, -0.25) is 9.80 Å². The molecule has 2 unspecified atom stereocenters. The first-order valence-corrected chi connectivity index (χ1v) is 24.7. The van der Waals surface area contributed by atoms with E-state index in [1.54, 1.807) is 22.3 Å². The zero-order valence-electron chi connectivity index (χ0n) is 35.3. The average molecular weight is 761 g/mol. The van der Waals surface area contributed by atoms with Crippen molar-refractivity contribution in [3.8, 4) is 11.5 Å². The molecule has 4 bridgehead atoms. The van der Waals surface area contributed by atoms with Gasteiger partial charge in [-0.15, -0.1) is 0 Å². The van der Waals surface area contributed by atoms with Crippen molar-refractivity contribution in [1.82, 2.24) is 9.80 Å². The van der Waals surface area contributed by atoms with Crippen molar-refractivity contribution in [2.24, 2.45) is 23.7 Å². The largest absolute Gasteiger partial charge is 0.494 e. The lowest BCUT2D eigenvalue weighted by atomic mass is 9.52. The molecular formula is C52H76N2O2. The quantitative estimate of drug-likeness (QED) is 0.150. The van der Waals surface area contributed by atoms with E-state index in [-0.39, 0.29) is 0 Å². The number of benzene rings is 2. The number of hydrogen-bond donors (Lipinski definition) is 0. The molecular weight excluding hydrogens is 685 g/mol. The lowest BCUT2D eigenvalue weighted by molar-refractivity contribution is -0.0241. The number of ether oxygens (including phenoxy) is 2. The molecule has 2 aromatic rings. The molecule has 6 aliphatic carbocycles. The fourth-order valence-corrected chi connectivity index (χ4v) is 14.4. The van der Waals surface area contributed by atoms with Gasteiger partial charge < -0.3 is 9.47 Å². The van der Waals surface area contributed by atoms with Gasteiger partial charge >= 0.3 is 0 Å². The summed E-state index contributed by atoms with van der Waals surface area (Å²) in [5.41, 5.74) is 7.53. The van der Waals surface area contributed by atoms with Crippen molar-refractivity contribution >= 4 is 0 Å². The molecule has 2 saturated heterocycles. The summed E-state index contributed by atoms with van der Waals surface area (Å²) in [6.07, 6.45) is 35.9. The van der Waals surface area contributed by atoms with Crippen LogP contribution in [0.1, 0.15) is 176 Å². The van der Waals surface area contributed by atoms with Gasteiger partial charge in [0.05, 0.1) is 13.2 Å². The minimum atomic E-state index is 0.425. The molecule has 306 valence electrons. The van der Waals surface area contributed by atoms with Crippen LogP contribution >= 0.6 is 0 Å². The fourth-order valence-electron chi connectivity index (χ4n) is 14.4. The fraction of sp³-hybridized carbons (Fsp3) is 0.769. The van der Waals surface area contributed by atoms with Crippen molar-refractivity contribution in [2.75, 3.05) is 39.4 Å². The van der Waals surface area contributed by atoms with Crippen LogP contribution in [0.25, 0.3) is 0 Å². The summed E-state index contributed by atoms with van der Waals surface area (Å²) in [4.78, 5) is 5.90. The van der Waals surface area contributed by atoms with E-state index in [0.29, 0.717) is 10.8 Å². The van der Waals surface area contributed by atoms with Crippen LogP contribution < -0.4 is 9.47 Å². The van der Waals surface area contributed by atoms with Crippen LogP contribution in [0, 0.1) is 23.7 Å². The van der Waals surface area contributed by atoms with Crippen molar-refractivity contribution in [1.29, 1.82) is 0 Å². The van der Waals surface area contributed by atoms with Gasteiger partial charge in [0.2, 0.25) is 0 Å². The number of unbranched alkanes of at least 4 members (excludes halogenated alkanes) is 7. The first kappa shape index (κ1) is 38.2. The molecule has 0 radical (unpaired) electrons.